The predicted octanol–water partition coefficient (Wildman–Crippen LogP) is 2.09. The molecule has 0 saturated carbocycles. The molecule has 5 heteroatoms. The molecule has 3 nitrogen and oxygen atoms in total. The van der Waals surface area contributed by atoms with Crippen molar-refractivity contribution in [1.29, 1.82) is 0 Å². The van der Waals surface area contributed by atoms with E-state index in [2.05, 4.69) is 5.43 Å². The molecule has 0 heterocycles. The maximum Gasteiger partial charge on any atom is 0.258 e. The van der Waals surface area contributed by atoms with E-state index < -0.39 is 5.82 Å². The van der Waals surface area contributed by atoms with Crippen LogP contribution in [0.1, 0.15) is 5.56 Å². The Bertz CT molecular complexity index is 398. The molecule has 0 bridgehead atoms. The van der Waals surface area contributed by atoms with Crippen molar-refractivity contribution in [1.82, 2.24) is 10.4 Å². The number of halogens is 2. The van der Waals surface area contributed by atoms with Crippen LogP contribution in [-0.4, -0.2) is 25.0 Å². The fourth-order valence-electron chi connectivity index (χ4n) is 1.09. The van der Waals surface area contributed by atoms with E-state index >= 15 is 0 Å². The zero-order valence-electron chi connectivity index (χ0n) is 9.00. The molecule has 0 aliphatic heterocycles. The van der Waals surface area contributed by atoms with Crippen molar-refractivity contribution in [2.45, 2.75) is 0 Å². The van der Waals surface area contributed by atoms with Gasteiger partial charge in [-0.2, -0.15) is 0 Å². The number of benzene rings is 1. The summed E-state index contributed by atoms with van der Waals surface area (Å²) in [5.74, 6) is -0.800. The second-order valence-corrected chi connectivity index (χ2v) is 3.75. The van der Waals surface area contributed by atoms with Crippen molar-refractivity contribution >= 4 is 23.6 Å². The Morgan fingerprint density at radius 3 is 2.75 bits per heavy atom. The molecule has 16 heavy (non-hydrogen) atoms. The molecular weight excluding hydrogens is 231 g/mol. The summed E-state index contributed by atoms with van der Waals surface area (Å²) in [6.07, 6.45) is 2.57. The number of amides is 1. The third kappa shape index (κ3) is 3.64. The topological polar surface area (TPSA) is 32.3 Å². The maximum atomic E-state index is 13.3. The third-order valence-corrected chi connectivity index (χ3v) is 2.06. The van der Waals surface area contributed by atoms with E-state index in [1.54, 1.807) is 20.2 Å². The second-order valence-electron chi connectivity index (χ2n) is 3.34. The minimum Gasteiger partial charge on any atom is -0.286 e. The highest BCUT2D eigenvalue weighted by Crippen LogP contribution is 2.20. The van der Waals surface area contributed by atoms with E-state index in [4.69, 9.17) is 11.6 Å². The predicted molar refractivity (Wildman–Crippen MR) is 62.3 cm³/mol. The highest BCUT2D eigenvalue weighted by molar-refractivity contribution is 6.32. The first-order valence-corrected chi connectivity index (χ1v) is 4.98. The Hall–Kier alpha value is -1.39. The van der Waals surface area contributed by atoms with Crippen LogP contribution in [0.15, 0.2) is 24.3 Å². The van der Waals surface area contributed by atoms with Gasteiger partial charge in [-0.1, -0.05) is 17.7 Å². The summed E-state index contributed by atoms with van der Waals surface area (Å²) < 4.78 is 13.3. The average molecular weight is 243 g/mol. The highest BCUT2D eigenvalue weighted by Gasteiger charge is 2.03. The van der Waals surface area contributed by atoms with E-state index in [9.17, 15) is 9.18 Å². The smallest absolute Gasteiger partial charge is 0.258 e. The van der Waals surface area contributed by atoms with Crippen molar-refractivity contribution in [2.24, 2.45) is 0 Å². The van der Waals surface area contributed by atoms with E-state index in [-0.39, 0.29) is 16.5 Å². The van der Waals surface area contributed by atoms with Gasteiger partial charge in [0.05, 0.1) is 5.02 Å². The molecular formula is C11H12ClFN2O. The van der Waals surface area contributed by atoms with E-state index in [1.165, 1.54) is 29.3 Å². The molecule has 0 unspecified atom stereocenters. The van der Waals surface area contributed by atoms with Crippen molar-refractivity contribution < 1.29 is 9.18 Å². The number of carbonyl (C=O) groups excluding carboxylic acids is 1. The first-order valence-electron chi connectivity index (χ1n) is 4.60. The van der Waals surface area contributed by atoms with E-state index in [0.29, 0.717) is 0 Å². The number of carbonyl (C=O) groups is 1. The fraction of sp³-hybridized carbons (Fsp3) is 0.182. The van der Waals surface area contributed by atoms with Crippen LogP contribution in [0.25, 0.3) is 6.08 Å². The lowest BCUT2D eigenvalue weighted by atomic mass is 10.2. The molecule has 0 fully saturated rings. The largest absolute Gasteiger partial charge is 0.286 e. The van der Waals surface area contributed by atoms with Gasteiger partial charge in [-0.15, -0.1) is 0 Å². The summed E-state index contributed by atoms with van der Waals surface area (Å²) >= 11 is 5.79. The monoisotopic (exact) mass is 242 g/mol. The van der Waals surface area contributed by atoms with Crippen LogP contribution in [0.5, 0.6) is 0 Å². The molecule has 1 aromatic carbocycles. The van der Waals surface area contributed by atoms with E-state index in [1.807, 2.05) is 0 Å². The van der Waals surface area contributed by atoms with Gasteiger partial charge in [0.1, 0.15) is 5.82 Å². The van der Waals surface area contributed by atoms with Gasteiger partial charge in [0.15, 0.2) is 0 Å². The first kappa shape index (κ1) is 12.7. The highest BCUT2D eigenvalue weighted by atomic mass is 35.5. The Balaban J connectivity index is 2.80. The van der Waals surface area contributed by atoms with Crippen LogP contribution in [0.3, 0.4) is 0 Å². The van der Waals surface area contributed by atoms with Crippen molar-refractivity contribution in [2.75, 3.05) is 14.1 Å². The van der Waals surface area contributed by atoms with Gasteiger partial charge >= 0.3 is 0 Å². The Kier molecular flexibility index (Phi) is 4.46. The minimum absolute atomic E-state index is 0.207. The summed E-state index contributed by atoms with van der Waals surface area (Å²) in [7, 11) is 3.36. The molecule has 0 aromatic heterocycles. The summed E-state index contributed by atoms with van der Waals surface area (Å²) in [5.41, 5.74) is 2.70. The number of nitrogens with zero attached hydrogens (tertiary/aromatic N) is 1. The Morgan fingerprint density at radius 2 is 2.19 bits per heavy atom. The molecule has 86 valence electrons. The van der Waals surface area contributed by atoms with Gasteiger partial charge < -0.3 is 0 Å². The lowest BCUT2D eigenvalue weighted by molar-refractivity contribution is -0.119. The SMILES string of the molecule is CN(C)NC(=O)/C=C/c1c(F)cccc1Cl. The molecule has 0 saturated heterocycles. The number of rotatable bonds is 3. The summed E-state index contributed by atoms with van der Waals surface area (Å²) in [6, 6.07) is 4.36. The van der Waals surface area contributed by atoms with Gasteiger partial charge in [-0.25, -0.2) is 9.40 Å². The summed E-state index contributed by atoms with van der Waals surface area (Å²) in [5, 5.41) is 1.77. The fourth-order valence-corrected chi connectivity index (χ4v) is 1.31. The lowest BCUT2D eigenvalue weighted by Gasteiger charge is -2.08. The van der Waals surface area contributed by atoms with Crippen LogP contribution in [-0.2, 0) is 4.79 Å². The number of hydrazine groups is 1. The van der Waals surface area contributed by atoms with Crippen LogP contribution in [0.2, 0.25) is 5.02 Å². The third-order valence-electron chi connectivity index (χ3n) is 1.73. The molecule has 1 amide bonds. The standard InChI is InChI=1S/C11H12ClFN2O/c1-15(2)14-11(16)7-6-8-9(12)4-3-5-10(8)13/h3-7H,1-2H3,(H,14,16)/b7-6+. The molecule has 0 aliphatic rings. The average Bonchev–Trinajstić information content (AvgIpc) is 2.15. The van der Waals surface area contributed by atoms with Crippen LogP contribution < -0.4 is 5.43 Å². The number of hydrogen-bond acceptors (Lipinski definition) is 2. The molecule has 0 spiro atoms. The van der Waals surface area contributed by atoms with E-state index in [0.717, 1.165) is 0 Å². The van der Waals surface area contributed by atoms with Crippen molar-refractivity contribution in [3.05, 3.63) is 40.7 Å². The molecule has 1 rings (SSSR count). The van der Waals surface area contributed by atoms with Gasteiger partial charge in [0.25, 0.3) is 5.91 Å². The summed E-state index contributed by atoms with van der Waals surface area (Å²) in [6.45, 7) is 0. The molecule has 1 N–H and O–H groups in total. The van der Waals surface area contributed by atoms with Crippen LogP contribution in [0, 0.1) is 5.82 Å². The van der Waals surface area contributed by atoms with Crippen LogP contribution >= 0.6 is 11.6 Å². The van der Waals surface area contributed by atoms with Gasteiger partial charge in [0.2, 0.25) is 0 Å². The zero-order chi connectivity index (χ0) is 12.1. The van der Waals surface area contributed by atoms with Crippen molar-refractivity contribution in [3.8, 4) is 0 Å². The maximum absolute atomic E-state index is 13.3. The summed E-state index contributed by atoms with van der Waals surface area (Å²) in [4.78, 5) is 11.2. The normalized spacial score (nSPS) is 11.1. The van der Waals surface area contributed by atoms with Gasteiger partial charge in [0, 0.05) is 25.7 Å². The van der Waals surface area contributed by atoms with Gasteiger partial charge in [-0.05, 0) is 18.2 Å². The Morgan fingerprint density at radius 1 is 1.50 bits per heavy atom. The lowest BCUT2D eigenvalue weighted by Crippen LogP contribution is -2.34. The molecule has 0 radical (unpaired) electrons. The van der Waals surface area contributed by atoms with Crippen LogP contribution in [0.4, 0.5) is 4.39 Å². The molecule has 0 atom stereocenters. The number of hydrogen-bond donors (Lipinski definition) is 1. The first-order chi connectivity index (χ1) is 7.50. The number of nitrogens with one attached hydrogen (secondary N) is 1. The minimum atomic E-state index is -0.457. The molecule has 1 aromatic rings. The van der Waals surface area contributed by atoms with Gasteiger partial charge in [-0.3, -0.25) is 10.2 Å². The molecule has 0 aliphatic carbocycles. The quantitative estimate of drug-likeness (QED) is 0.650. The second kappa shape index (κ2) is 5.63. The Labute approximate surface area is 98.5 Å². The zero-order valence-corrected chi connectivity index (χ0v) is 9.75. The van der Waals surface area contributed by atoms with Crippen molar-refractivity contribution in [3.63, 3.8) is 0 Å².